The van der Waals surface area contributed by atoms with E-state index in [1.165, 1.54) is 18.3 Å². The van der Waals surface area contributed by atoms with Crippen LogP contribution in [0, 0.1) is 0 Å². The molecule has 0 saturated heterocycles. The van der Waals surface area contributed by atoms with Crippen molar-refractivity contribution >= 4 is 28.1 Å². The number of hydrogen-bond acceptors (Lipinski definition) is 4. The quantitative estimate of drug-likeness (QED) is 0.676. The van der Waals surface area contributed by atoms with E-state index in [9.17, 15) is 9.90 Å². The first kappa shape index (κ1) is 12.4. The minimum Gasteiger partial charge on any atom is -0.508 e. The van der Waals surface area contributed by atoms with Gasteiger partial charge in [0.2, 0.25) is 0 Å². The van der Waals surface area contributed by atoms with E-state index >= 15 is 0 Å². The Labute approximate surface area is 111 Å². The maximum absolute atomic E-state index is 11.5. The number of phenolic OH excluding ortho intramolecular Hbond substituents is 1. The zero-order chi connectivity index (χ0) is 13.0. The second kappa shape index (κ2) is 5.50. The molecule has 0 bridgehead atoms. The highest BCUT2D eigenvalue weighted by atomic mass is 79.9. The lowest BCUT2D eigenvalue weighted by Crippen LogP contribution is -2.16. The van der Waals surface area contributed by atoms with Crippen LogP contribution in [-0.2, 0) is 0 Å². The first-order valence-corrected chi connectivity index (χ1v) is 5.82. The van der Waals surface area contributed by atoms with Crippen LogP contribution in [0.25, 0.3) is 0 Å². The molecule has 0 fully saturated rings. The summed E-state index contributed by atoms with van der Waals surface area (Å²) in [4.78, 5) is 11.5. The van der Waals surface area contributed by atoms with E-state index < -0.39 is 5.91 Å². The summed E-state index contributed by atoms with van der Waals surface area (Å²) in [5.74, 6) is -0.146. The average Bonchev–Trinajstić information content (AvgIpc) is 2.76. The highest BCUT2D eigenvalue weighted by Crippen LogP contribution is 2.13. The molecule has 1 heterocycles. The van der Waals surface area contributed by atoms with Crippen LogP contribution < -0.4 is 5.43 Å². The van der Waals surface area contributed by atoms with E-state index in [0.29, 0.717) is 10.2 Å². The molecule has 18 heavy (non-hydrogen) atoms. The molecule has 0 unspecified atom stereocenters. The number of phenols is 1. The number of nitrogens with one attached hydrogen (secondary N) is 1. The smallest absolute Gasteiger partial charge is 0.307 e. The van der Waals surface area contributed by atoms with Crippen molar-refractivity contribution in [1.82, 2.24) is 5.43 Å². The topological polar surface area (TPSA) is 74.8 Å². The Morgan fingerprint density at radius 2 is 2.22 bits per heavy atom. The van der Waals surface area contributed by atoms with Crippen molar-refractivity contribution in [3.8, 4) is 5.75 Å². The molecule has 2 aromatic rings. The molecule has 0 atom stereocenters. The third-order valence-electron chi connectivity index (χ3n) is 2.05. The number of nitrogens with zero attached hydrogens (tertiary/aromatic N) is 1. The van der Waals surface area contributed by atoms with Gasteiger partial charge in [-0.25, -0.2) is 5.43 Å². The molecule has 1 aromatic heterocycles. The summed E-state index contributed by atoms with van der Waals surface area (Å²) >= 11 is 3.10. The van der Waals surface area contributed by atoms with Gasteiger partial charge in [0.25, 0.3) is 0 Å². The minimum atomic E-state index is -0.447. The van der Waals surface area contributed by atoms with Crippen LogP contribution in [0.5, 0.6) is 5.75 Å². The maximum Gasteiger partial charge on any atom is 0.307 e. The van der Waals surface area contributed by atoms with E-state index in [-0.39, 0.29) is 11.5 Å². The summed E-state index contributed by atoms with van der Waals surface area (Å²) in [6.45, 7) is 0. The molecule has 0 aliphatic carbocycles. The molecular weight excluding hydrogens is 300 g/mol. The summed E-state index contributed by atoms with van der Waals surface area (Å²) in [6.07, 6.45) is 1.43. The number of rotatable bonds is 3. The van der Waals surface area contributed by atoms with Crippen molar-refractivity contribution in [3.05, 3.63) is 52.4 Å². The molecule has 0 spiro atoms. The third-order valence-corrected chi connectivity index (χ3v) is 2.47. The second-order valence-corrected chi connectivity index (χ2v) is 4.18. The number of hydrogen-bond donors (Lipinski definition) is 2. The lowest BCUT2D eigenvalue weighted by molar-refractivity contribution is 0.0926. The van der Waals surface area contributed by atoms with Gasteiger partial charge in [-0.3, -0.25) is 4.79 Å². The van der Waals surface area contributed by atoms with Crippen molar-refractivity contribution in [3.63, 3.8) is 0 Å². The molecule has 5 nitrogen and oxygen atoms in total. The molecule has 6 heteroatoms. The number of halogens is 1. The number of amides is 1. The first-order valence-electron chi connectivity index (χ1n) is 5.03. The minimum absolute atomic E-state index is 0.139. The van der Waals surface area contributed by atoms with Crippen LogP contribution in [-0.4, -0.2) is 17.2 Å². The van der Waals surface area contributed by atoms with Crippen molar-refractivity contribution < 1.29 is 14.3 Å². The Morgan fingerprint density at radius 3 is 2.89 bits per heavy atom. The lowest BCUT2D eigenvalue weighted by atomic mass is 10.2. The number of aromatic hydroxyl groups is 1. The Hall–Kier alpha value is -2.08. The van der Waals surface area contributed by atoms with Crippen LogP contribution in [0.4, 0.5) is 0 Å². The van der Waals surface area contributed by atoms with Crippen LogP contribution in [0.3, 0.4) is 0 Å². The summed E-state index contributed by atoms with van der Waals surface area (Å²) in [5, 5.41) is 13.0. The van der Waals surface area contributed by atoms with Crippen LogP contribution in [0.1, 0.15) is 16.1 Å². The standard InChI is InChI=1S/C12H9BrN2O3/c13-11-5-4-10(18-11)12(17)15-14-7-8-2-1-3-9(16)6-8/h1-7,16H,(H,15,17)/b14-7+. The largest absolute Gasteiger partial charge is 0.508 e. The summed E-state index contributed by atoms with van der Waals surface area (Å²) in [6, 6.07) is 9.66. The number of benzene rings is 1. The van der Waals surface area contributed by atoms with E-state index in [0.717, 1.165) is 0 Å². The molecule has 2 N–H and O–H groups in total. The normalized spacial score (nSPS) is 10.7. The molecule has 1 aromatic carbocycles. The highest BCUT2D eigenvalue weighted by Gasteiger charge is 2.08. The molecule has 0 aliphatic rings. The fourth-order valence-corrected chi connectivity index (χ4v) is 1.57. The Morgan fingerprint density at radius 1 is 1.39 bits per heavy atom. The number of carbonyl (C=O) groups excluding carboxylic acids is 1. The van der Waals surface area contributed by atoms with Crippen LogP contribution in [0.15, 0.2) is 50.6 Å². The van der Waals surface area contributed by atoms with Crippen LogP contribution >= 0.6 is 15.9 Å². The molecular formula is C12H9BrN2O3. The molecule has 2 rings (SSSR count). The number of hydrazone groups is 1. The predicted octanol–water partition coefficient (Wildman–Crippen LogP) is 2.51. The predicted molar refractivity (Wildman–Crippen MR) is 69.6 cm³/mol. The van der Waals surface area contributed by atoms with Gasteiger partial charge in [0.15, 0.2) is 10.4 Å². The average molecular weight is 309 g/mol. The van der Waals surface area contributed by atoms with Crippen molar-refractivity contribution in [2.75, 3.05) is 0 Å². The Kier molecular flexibility index (Phi) is 3.78. The first-order chi connectivity index (χ1) is 8.65. The zero-order valence-corrected chi connectivity index (χ0v) is 10.7. The fourth-order valence-electron chi connectivity index (χ4n) is 1.26. The van der Waals surface area contributed by atoms with Crippen molar-refractivity contribution in [2.45, 2.75) is 0 Å². The van der Waals surface area contributed by atoms with Gasteiger partial charge in [-0.15, -0.1) is 0 Å². The monoisotopic (exact) mass is 308 g/mol. The van der Waals surface area contributed by atoms with Gasteiger partial charge in [0.1, 0.15) is 5.75 Å². The van der Waals surface area contributed by atoms with Gasteiger partial charge in [-0.05, 0) is 45.8 Å². The second-order valence-electron chi connectivity index (χ2n) is 3.40. The fraction of sp³-hybridized carbons (Fsp3) is 0. The molecule has 0 saturated carbocycles. The van der Waals surface area contributed by atoms with Gasteiger partial charge >= 0.3 is 5.91 Å². The van der Waals surface area contributed by atoms with Gasteiger partial charge < -0.3 is 9.52 Å². The van der Waals surface area contributed by atoms with Crippen LogP contribution in [0.2, 0.25) is 0 Å². The summed E-state index contributed by atoms with van der Waals surface area (Å²) < 4.78 is 5.53. The Bertz CT molecular complexity index is 593. The number of furan rings is 1. The van der Waals surface area contributed by atoms with Gasteiger partial charge in [0, 0.05) is 0 Å². The van der Waals surface area contributed by atoms with E-state index in [2.05, 4.69) is 26.5 Å². The SMILES string of the molecule is O=C(N/N=C/c1cccc(O)c1)c1ccc(Br)o1. The molecule has 1 amide bonds. The van der Waals surface area contributed by atoms with E-state index in [1.807, 2.05) is 0 Å². The van der Waals surface area contributed by atoms with Gasteiger partial charge in [0.05, 0.1) is 6.21 Å². The maximum atomic E-state index is 11.5. The van der Waals surface area contributed by atoms with Gasteiger partial charge in [-0.1, -0.05) is 12.1 Å². The zero-order valence-electron chi connectivity index (χ0n) is 9.13. The van der Waals surface area contributed by atoms with Crippen molar-refractivity contribution in [1.29, 1.82) is 0 Å². The van der Waals surface area contributed by atoms with Crippen molar-refractivity contribution in [2.24, 2.45) is 5.10 Å². The third kappa shape index (κ3) is 3.21. The number of carbonyl (C=O) groups is 1. The molecule has 0 aliphatic heterocycles. The summed E-state index contributed by atoms with van der Waals surface area (Å²) in [7, 11) is 0. The molecule has 92 valence electrons. The van der Waals surface area contributed by atoms with Gasteiger partial charge in [-0.2, -0.15) is 5.10 Å². The Balaban J connectivity index is 1.97. The highest BCUT2D eigenvalue weighted by molar-refractivity contribution is 9.10. The van der Waals surface area contributed by atoms with E-state index in [4.69, 9.17) is 4.42 Å². The summed E-state index contributed by atoms with van der Waals surface area (Å²) in [5.41, 5.74) is 2.99. The lowest BCUT2D eigenvalue weighted by Gasteiger charge is -1.96. The molecule has 0 radical (unpaired) electrons. The van der Waals surface area contributed by atoms with E-state index in [1.54, 1.807) is 24.3 Å².